The first kappa shape index (κ1) is 11.9. The van der Waals surface area contributed by atoms with Gasteiger partial charge in [-0.2, -0.15) is 0 Å². The fourth-order valence-corrected chi connectivity index (χ4v) is 2.16. The van der Waals surface area contributed by atoms with E-state index in [0.29, 0.717) is 11.1 Å². The largest absolute Gasteiger partial charge is 0.464 e. The zero-order chi connectivity index (χ0) is 12.5. The Morgan fingerprint density at radius 3 is 2.71 bits per heavy atom. The van der Waals surface area contributed by atoms with Crippen molar-refractivity contribution in [2.24, 2.45) is 0 Å². The average molecular weight is 252 g/mol. The molecular weight excluding hydrogens is 240 g/mol. The highest BCUT2D eigenvalue weighted by atomic mass is 32.2. The van der Waals surface area contributed by atoms with E-state index in [4.69, 9.17) is 4.42 Å². The maximum absolute atomic E-state index is 11.8. The molecule has 0 amide bonds. The van der Waals surface area contributed by atoms with E-state index in [2.05, 4.69) is 0 Å². The molecule has 0 N–H and O–H groups in total. The van der Waals surface area contributed by atoms with Crippen LogP contribution in [0.25, 0.3) is 11.0 Å². The van der Waals surface area contributed by atoms with Gasteiger partial charge in [0.05, 0.1) is 11.3 Å². The van der Waals surface area contributed by atoms with Crippen LogP contribution in [-0.2, 0) is 9.84 Å². The van der Waals surface area contributed by atoms with Gasteiger partial charge in [-0.3, -0.25) is 4.79 Å². The lowest BCUT2D eigenvalue weighted by atomic mass is 10.1. The summed E-state index contributed by atoms with van der Waals surface area (Å²) in [6, 6.07) is 7.18. The fourth-order valence-electron chi connectivity index (χ4n) is 1.61. The molecule has 0 bridgehead atoms. The van der Waals surface area contributed by atoms with Crippen molar-refractivity contribution in [3.05, 3.63) is 36.1 Å². The molecular formula is C12H12O4S. The number of para-hydroxylation sites is 1. The second-order valence-corrected chi connectivity index (χ2v) is 6.21. The molecule has 2 aromatic rings. The predicted molar refractivity (Wildman–Crippen MR) is 64.9 cm³/mol. The third-order valence-electron chi connectivity index (χ3n) is 2.48. The quantitative estimate of drug-likeness (QED) is 0.781. The number of hydrogen-bond donors (Lipinski definition) is 0. The molecule has 0 saturated carbocycles. The van der Waals surface area contributed by atoms with Crippen molar-refractivity contribution in [2.75, 3.05) is 12.0 Å². The van der Waals surface area contributed by atoms with E-state index in [9.17, 15) is 13.2 Å². The highest BCUT2D eigenvalue weighted by molar-refractivity contribution is 7.90. The van der Waals surface area contributed by atoms with Crippen LogP contribution in [0.3, 0.4) is 0 Å². The van der Waals surface area contributed by atoms with Crippen molar-refractivity contribution in [3.8, 4) is 0 Å². The van der Waals surface area contributed by atoms with Crippen LogP contribution in [0.15, 0.2) is 34.9 Å². The standard InChI is InChI=1S/C12H12O4S/c1-17(14,15)7-6-11(13)10-8-16-12-5-3-2-4-9(10)12/h2-5,8H,6-7H2,1H3. The molecule has 0 aliphatic carbocycles. The van der Waals surface area contributed by atoms with Crippen LogP contribution in [-0.4, -0.2) is 26.2 Å². The Kier molecular flexibility index (Phi) is 3.02. The van der Waals surface area contributed by atoms with Crippen LogP contribution in [0, 0.1) is 0 Å². The minimum Gasteiger partial charge on any atom is -0.464 e. The van der Waals surface area contributed by atoms with Gasteiger partial charge in [-0.1, -0.05) is 18.2 Å². The number of ketones is 1. The first-order valence-corrected chi connectivity index (χ1v) is 7.20. The number of carbonyl (C=O) groups excluding carboxylic acids is 1. The van der Waals surface area contributed by atoms with E-state index in [0.717, 1.165) is 11.6 Å². The van der Waals surface area contributed by atoms with E-state index in [1.165, 1.54) is 6.26 Å². The minimum absolute atomic E-state index is 0.0115. The summed E-state index contributed by atoms with van der Waals surface area (Å²) in [7, 11) is -3.11. The molecule has 0 spiro atoms. The fraction of sp³-hybridized carbons (Fsp3) is 0.250. The molecule has 17 heavy (non-hydrogen) atoms. The molecule has 0 unspecified atom stereocenters. The van der Waals surface area contributed by atoms with Crippen LogP contribution in [0.5, 0.6) is 0 Å². The zero-order valence-electron chi connectivity index (χ0n) is 9.34. The van der Waals surface area contributed by atoms with Crippen molar-refractivity contribution in [3.63, 3.8) is 0 Å². The van der Waals surface area contributed by atoms with E-state index in [-0.39, 0.29) is 18.0 Å². The van der Waals surface area contributed by atoms with Gasteiger partial charge in [0.1, 0.15) is 21.7 Å². The van der Waals surface area contributed by atoms with Gasteiger partial charge in [0.25, 0.3) is 0 Å². The Labute approximate surface area is 99.2 Å². The van der Waals surface area contributed by atoms with Crippen molar-refractivity contribution in [1.82, 2.24) is 0 Å². The second-order valence-electron chi connectivity index (χ2n) is 3.95. The number of benzene rings is 1. The van der Waals surface area contributed by atoms with Gasteiger partial charge in [0.2, 0.25) is 0 Å². The van der Waals surface area contributed by atoms with Crippen molar-refractivity contribution in [2.45, 2.75) is 6.42 Å². The SMILES string of the molecule is CS(=O)(=O)CCC(=O)c1coc2ccccc12. The van der Waals surface area contributed by atoms with E-state index < -0.39 is 9.84 Å². The van der Waals surface area contributed by atoms with Crippen LogP contribution >= 0.6 is 0 Å². The Hall–Kier alpha value is -1.62. The first-order chi connectivity index (χ1) is 7.97. The smallest absolute Gasteiger partial charge is 0.167 e. The van der Waals surface area contributed by atoms with Crippen LogP contribution in [0.4, 0.5) is 0 Å². The summed E-state index contributed by atoms with van der Waals surface area (Å²) in [5, 5.41) is 0.728. The van der Waals surface area contributed by atoms with Gasteiger partial charge in [0, 0.05) is 18.1 Å². The zero-order valence-corrected chi connectivity index (χ0v) is 10.2. The average Bonchev–Trinajstić information content (AvgIpc) is 2.68. The van der Waals surface area contributed by atoms with Gasteiger partial charge in [-0.25, -0.2) is 8.42 Å². The summed E-state index contributed by atoms with van der Waals surface area (Å²) in [6.45, 7) is 0. The lowest BCUT2D eigenvalue weighted by Gasteiger charge is -1.97. The summed E-state index contributed by atoms with van der Waals surface area (Å²) in [5.41, 5.74) is 1.08. The van der Waals surface area contributed by atoms with E-state index >= 15 is 0 Å². The molecule has 0 fully saturated rings. The molecule has 0 aliphatic heterocycles. The molecule has 0 aliphatic rings. The topological polar surface area (TPSA) is 64.3 Å². The molecule has 0 radical (unpaired) electrons. The molecule has 5 heteroatoms. The highest BCUT2D eigenvalue weighted by Crippen LogP contribution is 2.21. The van der Waals surface area contributed by atoms with Crippen LogP contribution < -0.4 is 0 Å². The normalized spacial score (nSPS) is 11.8. The highest BCUT2D eigenvalue weighted by Gasteiger charge is 2.15. The molecule has 0 saturated heterocycles. The Morgan fingerprint density at radius 1 is 1.29 bits per heavy atom. The molecule has 2 rings (SSSR count). The molecule has 0 atom stereocenters. The second kappa shape index (κ2) is 4.33. The molecule has 4 nitrogen and oxygen atoms in total. The van der Waals surface area contributed by atoms with Gasteiger partial charge in [-0.05, 0) is 6.07 Å². The van der Waals surface area contributed by atoms with Crippen LogP contribution in [0.1, 0.15) is 16.8 Å². The Morgan fingerprint density at radius 2 is 2.00 bits per heavy atom. The van der Waals surface area contributed by atoms with Crippen molar-refractivity contribution in [1.29, 1.82) is 0 Å². The number of hydrogen-bond acceptors (Lipinski definition) is 4. The number of sulfone groups is 1. The third kappa shape index (κ3) is 2.74. The molecule has 90 valence electrons. The predicted octanol–water partition coefficient (Wildman–Crippen LogP) is 2.05. The first-order valence-electron chi connectivity index (χ1n) is 5.14. The maximum atomic E-state index is 11.8. The summed E-state index contributed by atoms with van der Waals surface area (Å²) < 4.78 is 27.2. The van der Waals surface area contributed by atoms with Crippen LogP contribution in [0.2, 0.25) is 0 Å². The summed E-state index contributed by atoms with van der Waals surface area (Å²) in [6.07, 6.45) is 2.49. The summed E-state index contributed by atoms with van der Waals surface area (Å²) in [4.78, 5) is 11.8. The Balaban J connectivity index is 2.25. The van der Waals surface area contributed by atoms with Crippen molar-refractivity contribution < 1.29 is 17.6 Å². The van der Waals surface area contributed by atoms with Gasteiger partial charge in [0.15, 0.2) is 5.78 Å². The molecule has 1 heterocycles. The number of rotatable bonds is 4. The lowest BCUT2D eigenvalue weighted by Crippen LogP contribution is -2.09. The van der Waals surface area contributed by atoms with Gasteiger partial charge >= 0.3 is 0 Å². The third-order valence-corrected chi connectivity index (χ3v) is 3.43. The van der Waals surface area contributed by atoms with Crippen molar-refractivity contribution >= 4 is 26.6 Å². The Bertz CT molecular complexity index is 652. The maximum Gasteiger partial charge on any atom is 0.167 e. The summed E-state index contributed by atoms with van der Waals surface area (Å²) in [5.74, 6) is -0.342. The monoisotopic (exact) mass is 252 g/mol. The van der Waals surface area contributed by atoms with Gasteiger partial charge in [-0.15, -0.1) is 0 Å². The summed E-state index contributed by atoms with van der Waals surface area (Å²) >= 11 is 0. The number of fused-ring (bicyclic) bond motifs is 1. The lowest BCUT2D eigenvalue weighted by molar-refractivity contribution is 0.0989. The number of furan rings is 1. The number of Topliss-reactive ketones (excluding diaryl/α,β-unsaturated/α-hetero) is 1. The van der Waals surface area contributed by atoms with E-state index in [1.807, 2.05) is 12.1 Å². The van der Waals surface area contributed by atoms with Gasteiger partial charge < -0.3 is 4.42 Å². The molecule has 1 aromatic heterocycles. The minimum atomic E-state index is -3.11. The number of carbonyl (C=O) groups is 1. The molecule has 1 aromatic carbocycles. The van der Waals surface area contributed by atoms with E-state index in [1.54, 1.807) is 12.1 Å².